The second-order valence-corrected chi connectivity index (χ2v) is 8.27. The van der Waals surface area contributed by atoms with E-state index in [0.717, 1.165) is 49.5 Å². The van der Waals surface area contributed by atoms with Crippen LogP contribution >= 0.6 is 22.9 Å². The zero-order chi connectivity index (χ0) is 17.6. The fourth-order valence-electron chi connectivity index (χ4n) is 3.36. The third kappa shape index (κ3) is 5.30. The number of amides is 1. The molecule has 0 aliphatic carbocycles. The lowest BCUT2D eigenvalue weighted by Crippen LogP contribution is -2.43. The molecule has 0 spiro atoms. The molecule has 1 aromatic heterocycles. The Hall–Kier alpha value is -1.36. The summed E-state index contributed by atoms with van der Waals surface area (Å²) < 4.78 is 0. The second-order valence-electron chi connectivity index (χ2n) is 6.83. The number of benzene rings is 1. The van der Waals surface area contributed by atoms with E-state index in [9.17, 15) is 4.79 Å². The number of likely N-dealkylation sites (tertiary alicyclic amines) is 1. The first-order chi connectivity index (χ1) is 12.1. The van der Waals surface area contributed by atoms with E-state index in [0.29, 0.717) is 0 Å². The van der Waals surface area contributed by atoms with Crippen molar-refractivity contribution in [1.29, 1.82) is 0 Å². The molecule has 2 aromatic rings. The summed E-state index contributed by atoms with van der Waals surface area (Å²) in [6, 6.07) is 12.4. The maximum atomic E-state index is 12.5. The fraction of sp³-hybridized carbons (Fsp3) is 0.450. The number of halogens is 1. The zero-order valence-electron chi connectivity index (χ0n) is 14.6. The molecule has 25 heavy (non-hydrogen) atoms. The predicted molar refractivity (Wildman–Crippen MR) is 105 cm³/mol. The first-order valence-electron chi connectivity index (χ1n) is 8.90. The number of piperidine rings is 1. The Kier molecular flexibility index (Phi) is 6.51. The molecule has 5 heteroatoms. The van der Waals surface area contributed by atoms with Crippen molar-refractivity contribution >= 4 is 28.8 Å². The molecule has 1 N–H and O–H groups in total. The topological polar surface area (TPSA) is 32.3 Å². The van der Waals surface area contributed by atoms with Gasteiger partial charge in [-0.25, -0.2) is 0 Å². The number of nitrogens with zero attached hydrogens (tertiary/aromatic N) is 1. The van der Waals surface area contributed by atoms with Crippen LogP contribution in [0.1, 0.15) is 30.2 Å². The SMILES string of the molecule is C[C@@H](Cc1cccs1)NC(=O)C1CCN(Cc2ccccc2Cl)CC1. The van der Waals surface area contributed by atoms with E-state index in [1.165, 1.54) is 4.88 Å². The minimum atomic E-state index is 0.133. The Morgan fingerprint density at radius 1 is 1.28 bits per heavy atom. The van der Waals surface area contributed by atoms with Gasteiger partial charge < -0.3 is 5.32 Å². The van der Waals surface area contributed by atoms with Gasteiger partial charge in [0.25, 0.3) is 0 Å². The minimum Gasteiger partial charge on any atom is -0.353 e. The number of carbonyl (C=O) groups excluding carboxylic acids is 1. The smallest absolute Gasteiger partial charge is 0.223 e. The molecule has 2 heterocycles. The van der Waals surface area contributed by atoms with Crippen molar-refractivity contribution in [3.63, 3.8) is 0 Å². The largest absolute Gasteiger partial charge is 0.353 e. The first kappa shape index (κ1) is 18.4. The molecule has 1 aromatic carbocycles. The molecule has 1 amide bonds. The van der Waals surface area contributed by atoms with Crippen LogP contribution in [0.2, 0.25) is 5.02 Å². The molecule has 3 rings (SSSR count). The van der Waals surface area contributed by atoms with Crippen LogP contribution in [0, 0.1) is 5.92 Å². The van der Waals surface area contributed by atoms with Gasteiger partial charge in [-0.05, 0) is 55.9 Å². The predicted octanol–water partition coefficient (Wildman–Crippen LogP) is 4.36. The summed E-state index contributed by atoms with van der Waals surface area (Å²) in [5, 5.41) is 6.10. The van der Waals surface area contributed by atoms with Crippen LogP contribution in [0.3, 0.4) is 0 Å². The number of thiophene rings is 1. The average Bonchev–Trinajstić information content (AvgIpc) is 3.10. The lowest BCUT2D eigenvalue weighted by Gasteiger charge is -2.32. The van der Waals surface area contributed by atoms with Crippen LogP contribution in [0.15, 0.2) is 41.8 Å². The fourth-order valence-corrected chi connectivity index (χ4v) is 4.39. The molecule has 3 nitrogen and oxygen atoms in total. The molecule has 0 bridgehead atoms. The second kappa shape index (κ2) is 8.84. The highest BCUT2D eigenvalue weighted by Crippen LogP contribution is 2.22. The summed E-state index contributed by atoms with van der Waals surface area (Å²) >= 11 is 8.00. The number of rotatable bonds is 6. The van der Waals surface area contributed by atoms with Crippen molar-refractivity contribution in [2.75, 3.05) is 13.1 Å². The van der Waals surface area contributed by atoms with E-state index < -0.39 is 0 Å². The zero-order valence-corrected chi connectivity index (χ0v) is 16.2. The van der Waals surface area contributed by atoms with Gasteiger partial charge in [0.1, 0.15) is 0 Å². The van der Waals surface area contributed by atoms with E-state index >= 15 is 0 Å². The summed E-state index contributed by atoms with van der Waals surface area (Å²) in [5.41, 5.74) is 1.16. The molecule has 1 fully saturated rings. The van der Waals surface area contributed by atoms with E-state index in [1.54, 1.807) is 11.3 Å². The summed E-state index contributed by atoms with van der Waals surface area (Å²) in [4.78, 5) is 16.2. The van der Waals surface area contributed by atoms with E-state index in [4.69, 9.17) is 11.6 Å². The van der Waals surface area contributed by atoms with Gasteiger partial charge in [0, 0.05) is 34.8 Å². The lowest BCUT2D eigenvalue weighted by atomic mass is 9.95. The van der Waals surface area contributed by atoms with E-state index in [2.05, 4.69) is 40.7 Å². The van der Waals surface area contributed by atoms with Gasteiger partial charge >= 0.3 is 0 Å². The van der Waals surface area contributed by atoms with Crippen LogP contribution < -0.4 is 5.32 Å². The highest BCUT2D eigenvalue weighted by Gasteiger charge is 2.26. The Bertz CT molecular complexity index is 681. The van der Waals surface area contributed by atoms with E-state index in [1.807, 2.05) is 18.2 Å². The lowest BCUT2D eigenvalue weighted by molar-refractivity contribution is -0.127. The van der Waals surface area contributed by atoms with Crippen LogP contribution in [0.4, 0.5) is 0 Å². The molecule has 134 valence electrons. The van der Waals surface area contributed by atoms with Crippen LogP contribution in [0.25, 0.3) is 0 Å². The van der Waals surface area contributed by atoms with Gasteiger partial charge in [0.05, 0.1) is 0 Å². The van der Waals surface area contributed by atoms with Gasteiger partial charge in [0.15, 0.2) is 0 Å². The molecule has 1 aliphatic heterocycles. The quantitative estimate of drug-likeness (QED) is 0.812. The van der Waals surface area contributed by atoms with E-state index in [-0.39, 0.29) is 17.9 Å². The maximum Gasteiger partial charge on any atom is 0.223 e. The number of carbonyl (C=O) groups is 1. The Balaban J connectivity index is 1.43. The highest BCUT2D eigenvalue weighted by atomic mass is 35.5. The number of hydrogen-bond donors (Lipinski definition) is 1. The monoisotopic (exact) mass is 376 g/mol. The van der Waals surface area contributed by atoms with Gasteiger partial charge in [-0.3, -0.25) is 9.69 Å². The van der Waals surface area contributed by atoms with Crippen molar-refractivity contribution in [3.05, 3.63) is 57.2 Å². The van der Waals surface area contributed by atoms with Crippen molar-refractivity contribution in [1.82, 2.24) is 10.2 Å². The van der Waals surface area contributed by atoms with Crippen LogP contribution in [0.5, 0.6) is 0 Å². The summed E-state index contributed by atoms with van der Waals surface area (Å²) in [6.45, 7) is 4.85. The molecule has 0 unspecified atom stereocenters. The average molecular weight is 377 g/mol. The third-order valence-electron chi connectivity index (χ3n) is 4.79. The van der Waals surface area contributed by atoms with Crippen molar-refractivity contribution < 1.29 is 4.79 Å². The van der Waals surface area contributed by atoms with Crippen LogP contribution in [-0.2, 0) is 17.8 Å². The molecule has 0 saturated carbocycles. The molecule has 1 atom stereocenters. The summed E-state index contributed by atoms with van der Waals surface area (Å²) in [5.74, 6) is 0.342. The number of hydrogen-bond acceptors (Lipinski definition) is 3. The molecule has 1 aliphatic rings. The van der Waals surface area contributed by atoms with Gasteiger partial charge in [-0.1, -0.05) is 35.9 Å². The molecule has 1 saturated heterocycles. The first-order valence-corrected chi connectivity index (χ1v) is 10.2. The Morgan fingerprint density at radius 3 is 2.72 bits per heavy atom. The van der Waals surface area contributed by atoms with Crippen molar-refractivity contribution in [3.8, 4) is 0 Å². The van der Waals surface area contributed by atoms with Crippen molar-refractivity contribution in [2.45, 2.75) is 38.8 Å². The summed E-state index contributed by atoms with van der Waals surface area (Å²) in [7, 11) is 0. The Labute approximate surface area is 159 Å². The van der Waals surface area contributed by atoms with Gasteiger partial charge in [-0.15, -0.1) is 11.3 Å². The van der Waals surface area contributed by atoms with Crippen molar-refractivity contribution in [2.24, 2.45) is 5.92 Å². The minimum absolute atomic E-state index is 0.133. The molecular weight excluding hydrogens is 352 g/mol. The highest BCUT2D eigenvalue weighted by molar-refractivity contribution is 7.09. The van der Waals surface area contributed by atoms with Gasteiger partial charge in [0.2, 0.25) is 5.91 Å². The normalized spacial score (nSPS) is 17.4. The van der Waals surface area contributed by atoms with Gasteiger partial charge in [-0.2, -0.15) is 0 Å². The molecule has 0 radical (unpaired) electrons. The standard InChI is InChI=1S/C20H25ClN2OS/c1-15(13-18-6-4-12-25-18)22-20(24)16-8-10-23(11-9-16)14-17-5-2-3-7-19(17)21/h2-7,12,15-16H,8-11,13-14H2,1H3,(H,22,24)/t15-/m0/s1. The van der Waals surface area contributed by atoms with Crippen LogP contribution in [-0.4, -0.2) is 29.9 Å². The maximum absolute atomic E-state index is 12.5. The number of nitrogens with one attached hydrogen (secondary N) is 1. The summed E-state index contributed by atoms with van der Waals surface area (Å²) in [6.07, 6.45) is 2.75. The third-order valence-corrected chi connectivity index (χ3v) is 6.05. The molecular formula is C20H25ClN2OS. The Morgan fingerprint density at radius 2 is 2.04 bits per heavy atom.